The summed E-state index contributed by atoms with van der Waals surface area (Å²) in [4.78, 5) is 4.25. The highest BCUT2D eigenvalue weighted by Crippen LogP contribution is 2.30. The molecule has 1 fully saturated rings. The first kappa shape index (κ1) is 15.0. The summed E-state index contributed by atoms with van der Waals surface area (Å²) in [6.07, 6.45) is 0.965. The smallest absolute Gasteiger partial charge is 0.147 e. The summed E-state index contributed by atoms with van der Waals surface area (Å²) in [5.41, 5.74) is 8.46. The summed E-state index contributed by atoms with van der Waals surface area (Å²) < 4.78 is 14.1. The Hall–Kier alpha value is -1.94. The molecule has 3 rings (SSSR count). The van der Waals surface area contributed by atoms with Crippen molar-refractivity contribution < 1.29 is 4.39 Å². The van der Waals surface area contributed by atoms with Crippen LogP contribution >= 0.6 is 11.6 Å². The molecule has 1 aliphatic heterocycles. The third kappa shape index (κ3) is 2.83. The van der Waals surface area contributed by atoms with Crippen molar-refractivity contribution in [3.8, 4) is 0 Å². The molecule has 2 aromatic carbocycles. The lowest BCUT2D eigenvalue weighted by Gasteiger charge is -2.28. The van der Waals surface area contributed by atoms with Crippen molar-refractivity contribution >= 4 is 28.7 Å². The molecule has 0 bridgehead atoms. The molecular weight excluding hydrogens is 301 g/mol. The van der Waals surface area contributed by atoms with Gasteiger partial charge in [0.15, 0.2) is 0 Å². The molecule has 1 saturated heterocycles. The van der Waals surface area contributed by atoms with Crippen molar-refractivity contribution in [1.29, 1.82) is 0 Å². The molecule has 1 atom stereocenters. The fraction of sp³-hybridized carbons (Fsp3) is 0.294. The van der Waals surface area contributed by atoms with Crippen LogP contribution in [0, 0.1) is 5.82 Å². The van der Waals surface area contributed by atoms with E-state index in [1.807, 2.05) is 36.2 Å². The van der Waals surface area contributed by atoms with Crippen molar-refractivity contribution in [3.63, 3.8) is 0 Å². The second kappa shape index (κ2) is 6.05. The second-order valence-electron chi connectivity index (χ2n) is 5.65. The van der Waals surface area contributed by atoms with Gasteiger partial charge in [0.2, 0.25) is 0 Å². The Morgan fingerprint density at radius 1 is 1.27 bits per heavy atom. The molecule has 0 radical (unpaired) electrons. The number of nitrogens with two attached hydrogens (primary N) is 1. The highest BCUT2D eigenvalue weighted by molar-refractivity contribution is 6.30. The summed E-state index contributed by atoms with van der Waals surface area (Å²) >= 11 is 5.82. The van der Waals surface area contributed by atoms with Crippen LogP contribution in [0.25, 0.3) is 0 Å². The number of para-hydroxylation sites is 2. The van der Waals surface area contributed by atoms with Crippen LogP contribution in [-0.4, -0.2) is 26.2 Å². The van der Waals surface area contributed by atoms with Gasteiger partial charge in [0, 0.05) is 31.2 Å². The summed E-state index contributed by atoms with van der Waals surface area (Å²) in [7, 11) is 1.93. The Balaban J connectivity index is 1.76. The van der Waals surface area contributed by atoms with E-state index in [-0.39, 0.29) is 11.9 Å². The Kier molecular flexibility index (Phi) is 4.12. The quantitative estimate of drug-likeness (QED) is 0.874. The SMILES string of the molecule is CN(c1ccc(Cl)cc1F)C1CCN(c2ccccc2N)C1. The third-order valence-corrected chi connectivity index (χ3v) is 4.51. The lowest BCUT2D eigenvalue weighted by Crippen LogP contribution is -2.35. The Bertz CT molecular complexity index is 677. The van der Waals surface area contributed by atoms with Crippen LogP contribution in [0.1, 0.15) is 6.42 Å². The Labute approximate surface area is 135 Å². The highest BCUT2D eigenvalue weighted by atomic mass is 35.5. The zero-order valence-electron chi connectivity index (χ0n) is 12.5. The van der Waals surface area contributed by atoms with Gasteiger partial charge in [-0.1, -0.05) is 23.7 Å². The number of nitrogens with zero attached hydrogens (tertiary/aromatic N) is 2. The van der Waals surface area contributed by atoms with Crippen LogP contribution < -0.4 is 15.5 Å². The van der Waals surface area contributed by atoms with Gasteiger partial charge in [-0.2, -0.15) is 0 Å². The van der Waals surface area contributed by atoms with E-state index in [4.69, 9.17) is 17.3 Å². The average molecular weight is 320 g/mol. The molecular formula is C17H19ClFN3. The zero-order chi connectivity index (χ0) is 15.7. The molecule has 1 unspecified atom stereocenters. The molecule has 0 spiro atoms. The van der Waals surface area contributed by atoms with Gasteiger partial charge >= 0.3 is 0 Å². The van der Waals surface area contributed by atoms with E-state index in [1.165, 1.54) is 6.07 Å². The fourth-order valence-corrected chi connectivity index (χ4v) is 3.18. The van der Waals surface area contributed by atoms with Gasteiger partial charge in [0.1, 0.15) is 5.82 Å². The Morgan fingerprint density at radius 2 is 2.05 bits per heavy atom. The van der Waals surface area contributed by atoms with Gasteiger partial charge in [-0.25, -0.2) is 4.39 Å². The summed E-state index contributed by atoms with van der Waals surface area (Å²) in [6, 6.07) is 12.9. The molecule has 0 amide bonds. The number of likely N-dealkylation sites (N-methyl/N-ethyl adjacent to an activating group) is 1. The molecule has 2 aromatic rings. The maximum absolute atomic E-state index is 14.1. The average Bonchev–Trinajstić information content (AvgIpc) is 2.97. The predicted molar refractivity (Wildman–Crippen MR) is 91.3 cm³/mol. The number of anilines is 3. The van der Waals surface area contributed by atoms with Crippen molar-refractivity contribution in [1.82, 2.24) is 0 Å². The number of halogens is 2. The molecule has 0 aliphatic carbocycles. The number of hydrogen-bond acceptors (Lipinski definition) is 3. The lowest BCUT2D eigenvalue weighted by atomic mass is 10.2. The van der Waals surface area contributed by atoms with E-state index < -0.39 is 0 Å². The number of rotatable bonds is 3. The zero-order valence-corrected chi connectivity index (χ0v) is 13.2. The second-order valence-corrected chi connectivity index (χ2v) is 6.09. The van der Waals surface area contributed by atoms with Crippen LogP contribution in [0.5, 0.6) is 0 Å². The molecule has 0 aromatic heterocycles. The van der Waals surface area contributed by atoms with Crippen LogP contribution in [0.2, 0.25) is 5.02 Å². The van der Waals surface area contributed by atoms with Crippen LogP contribution in [-0.2, 0) is 0 Å². The number of hydrogen-bond donors (Lipinski definition) is 1. The van der Waals surface area contributed by atoms with Gasteiger partial charge < -0.3 is 15.5 Å². The van der Waals surface area contributed by atoms with Crippen molar-refractivity contribution in [3.05, 3.63) is 53.3 Å². The molecule has 1 heterocycles. The molecule has 0 saturated carbocycles. The first-order valence-electron chi connectivity index (χ1n) is 7.33. The maximum Gasteiger partial charge on any atom is 0.147 e. The predicted octanol–water partition coefficient (Wildman–Crippen LogP) is 3.78. The van der Waals surface area contributed by atoms with Crippen LogP contribution in [0.3, 0.4) is 0 Å². The van der Waals surface area contributed by atoms with E-state index >= 15 is 0 Å². The monoisotopic (exact) mass is 319 g/mol. The molecule has 116 valence electrons. The summed E-state index contributed by atoms with van der Waals surface area (Å²) in [5, 5.41) is 0.416. The first-order chi connectivity index (χ1) is 10.6. The first-order valence-corrected chi connectivity index (χ1v) is 7.71. The summed E-state index contributed by atoms with van der Waals surface area (Å²) in [6.45, 7) is 1.74. The molecule has 5 heteroatoms. The van der Waals surface area contributed by atoms with E-state index in [0.717, 1.165) is 30.9 Å². The topological polar surface area (TPSA) is 32.5 Å². The van der Waals surface area contributed by atoms with Crippen molar-refractivity contribution in [2.24, 2.45) is 0 Å². The molecule has 1 aliphatic rings. The minimum atomic E-state index is -0.285. The van der Waals surface area contributed by atoms with E-state index in [0.29, 0.717) is 10.7 Å². The van der Waals surface area contributed by atoms with E-state index in [1.54, 1.807) is 12.1 Å². The Morgan fingerprint density at radius 3 is 2.77 bits per heavy atom. The van der Waals surface area contributed by atoms with Gasteiger partial charge in [-0.05, 0) is 36.8 Å². The van der Waals surface area contributed by atoms with Gasteiger partial charge in [-0.15, -0.1) is 0 Å². The van der Waals surface area contributed by atoms with E-state index in [9.17, 15) is 4.39 Å². The van der Waals surface area contributed by atoms with Crippen molar-refractivity contribution in [2.75, 3.05) is 35.7 Å². The molecule has 3 nitrogen and oxygen atoms in total. The number of nitrogen functional groups attached to an aromatic ring is 1. The largest absolute Gasteiger partial charge is 0.397 e. The standard InChI is InChI=1S/C17H19ClFN3/c1-21(16-7-6-12(18)10-14(16)19)13-8-9-22(11-13)17-5-3-2-4-15(17)20/h2-7,10,13H,8-9,11,20H2,1H3. The maximum atomic E-state index is 14.1. The normalized spacial score (nSPS) is 17.8. The lowest BCUT2D eigenvalue weighted by molar-refractivity contribution is 0.606. The third-order valence-electron chi connectivity index (χ3n) is 4.28. The fourth-order valence-electron chi connectivity index (χ4n) is 3.02. The van der Waals surface area contributed by atoms with Crippen LogP contribution in [0.15, 0.2) is 42.5 Å². The minimum absolute atomic E-state index is 0.246. The van der Waals surface area contributed by atoms with Gasteiger partial charge in [0.05, 0.1) is 17.1 Å². The molecule has 22 heavy (non-hydrogen) atoms. The van der Waals surface area contributed by atoms with Crippen molar-refractivity contribution in [2.45, 2.75) is 12.5 Å². The minimum Gasteiger partial charge on any atom is -0.397 e. The number of benzene rings is 2. The van der Waals surface area contributed by atoms with Gasteiger partial charge in [0.25, 0.3) is 0 Å². The summed E-state index contributed by atoms with van der Waals surface area (Å²) in [5.74, 6) is -0.285. The van der Waals surface area contributed by atoms with Crippen LogP contribution in [0.4, 0.5) is 21.5 Å². The van der Waals surface area contributed by atoms with Gasteiger partial charge in [-0.3, -0.25) is 0 Å². The molecule has 2 N–H and O–H groups in total. The highest BCUT2D eigenvalue weighted by Gasteiger charge is 2.28. The van der Waals surface area contributed by atoms with E-state index in [2.05, 4.69) is 4.90 Å².